The number of carbonyl (C=O) groups is 2. The Labute approximate surface area is 182 Å². The average molecular weight is 421 g/mol. The molecule has 6 nitrogen and oxygen atoms in total. The van der Waals surface area contributed by atoms with E-state index < -0.39 is 6.10 Å². The molecular weight excluding hydrogens is 392 g/mol. The van der Waals surface area contributed by atoms with Crippen LogP contribution in [-0.4, -0.2) is 65.5 Å². The fraction of sp³-hybridized carbons (Fsp3) is 0.440. The number of amides is 1. The molecule has 1 fully saturated rings. The molecule has 0 spiro atoms. The number of Topliss-reactive ketones (excluding diaryl/α,β-unsaturated/α-hetero) is 1. The largest absolute Gasteiger partial charge is 0.491 e. The van der Waals surface area contributed by atoms with Crippen molar-refractivity contribution in [2.75, 3.05) is 32.8 Å². The van der Waals surface area contributed by atoms with E-state index in [1.54, 1.807) is 23.1 Å². The summed E-state index contributed by atoms with van der Waals surface area (Å²) >= 11 is 0. The Morgan fingerprint density at radius 2 is 1.90 bits per heavy atom. The van der Waals surface area contributed by atoms with Gasteiger partial charge >= 0.3 is 0 Å². The summed E-state index contributed by atoms with van der Waals surface area (Å²) in [5.74, 6) is 0.591. The van der Waals surface area contributed by atoms with Gasteiger partial charge in [0.25, 0.3) is 5.91 Å². The van der Waals surface area contributed by atoms with Gasteiger partial charge in [-0.3, -0.25) is 14.5 Å². The van der Waals surface area contributed by atoms with E-state index in [9.17, 15) is 14.7 Å². The Morgan fingerprint density at radius 1 is 1.10 bits per heavy atom. The summed E-state index contributed by atoms with van der Waals surface area (Å²) in [6, 6.07) is 13.6. The maximum absolute atomic E-state index is 13.1. The molecule has 0 saturated heterocycles. The number of carbonyl (C=O) groups excluding carboxylic acids is 2. The van der Waals surface area contributed by atoms with Crippen LogP contribution in [0, 0.1) is 5.92 Å². The Morgan fingerprint density at radius 3 is 2.71 bits per heavy atom. The van der Waals surface area contributed by atoms with Crippen molar-refractivity contribution in [3.8, 4) is 5.75 Å². The monoisotopic (exact) mass is 420 g/mol. The third-order valence-corrected chi connectivity index (χ3v) is 6.46. The Balaban J connectivity index is 1.23. The number of fused-ring (bicyclic) bond motifs is 2. The summed E-state index contributed by atoms with van der Waals surface area (Å²) < 4.78 is 5.80. The fourth-order valence-electron chi connectivity index (χ4n) is 4.58. The van der Waals surface area contributed by atoms with Crippen molar-refractivity contribution in [3.63, 3.8) is 0 Å². The molecule has 2 aromatic rings. The standard InChI is InChI=1S/C25H28N2O4/c28-21(15-26-10-9-17-3-1-2-4-20(17)14-26)16-27-11-12-31-23-13-19(24(29)18-5-6-18)7-8-22(23)25(27)30/h1-4,7-8,13,18,21,28H,5-6,9-12,14-16H2. The van der Waals surface area contributed by atoms with Crippen molar-refractivity contribution >= 4 is 11.7 Å². The number of benzene rings is 2. The molecule has 1 N–H and O–H groups in total. The lowest BCUT2D eigenvalue weighted by molar-refractivity contribution is 0.0501. The maximum Gasteiger partial charge on any atom is 0.257 e. The summed E-state index contributed by atoms with van der Waals surface area (Å²) in [4.78, 5) is 29.3. The highest BCUT2D eigenvalue weighted by Gasteiger charge is 2.32. The van der Waals surface area contributed by atoms with E-state index in [2.05, 4.69) is 29.2 Å². The van der Waals surface area contributed by atoms with Crippen LogP contribution in [0.2, 0.25) is 0 Å². The molecule has 0 radical (unpaired) electrons. The minimum atomic E-state index is -0.633. The van der Waals surface area contributed by atoms with Crippen LogP contribution < -0.4 is 4.74 Å². The molecule has 5 rings (SSSR count). The average Bonchev–Trinajstić information content (AvgIpc) is 3.63. The van der Waals surface area contributed by atoms with Crippen molar-refractivity contribution in [3.05, 3.63) is 64.7 Å². The zero-order valence-corrected chi connectivity index (χ0v) is 17.6. The number of ether oxygens (including phenoxy) is 1. The lowest BCUT2D eigenvalue weighted by atomic mass is 10.00. The van der Waals surface area contributed by atoms with Crippen LogP contribution in [0.3, 0.4) is 0 Å². The normalized spacial score (nSPS) is 19.8. The summed E-state index contributed by atoms with van der Waals surface area (Å²) in [6.45, 7) is 3.29. The van der Waals surface area contributed by atoms with Crippen molar-refractivity contribution in [1.82, 2.24) is 9.80 Å². The van der Waals surface area contributed by atoms with E-state index in [1.807, 2.05) is 0 Å². The number of aliphatic hydroxyl groups excluding tert-OH is 1. The molecule has 1 amide bonds. The number of nitrogens with zero attached hydrogens (tertiary/aromatic N) is 2. The molecule has 2 aliphatic heterocycles. The highest BCUT2D eigenvalue weighted by atomic mass is 16.5. The fourth-order valence-corrected chi connectivity index (χ4v) is 4.58. The van der Waals surface area contributed by atoms with Gasteiger partial charge in [0, 0.05) is 37.7 Å². The summed E-state index contributed by atoms with van der Waals surface area (Å²) in [5, 5.41) is 10.7. The summed E-state index contributed by atoms with van der Waals surface area (Å²) in [7, 11) is 0. The number of ketones is 1. The SMILES string of the molecule is O=C(c1ccc2c(c1)OCCN(CC(O)CN1CCc3ccccc3C1)C2=O)C1CC1. The van der Waals surface area contributed by atoms with Gasteiger partial charge in [0.1, 0.15) is 12.4 Å². The molecule has 0 bridgehead atoms. The number of rotatable bonds is 6. The predicted molar refractivity (Wildman–Crippen MR) is 116 cm³/mol. The van der Waals surface area contributed by atoms with Crippen LogP contribution in [0.5, 0.6) is 5.75 Å². The van der Waals surface area contributed by atoms with Gasteiger partial charge in [-0.1, -0.05) is 30.3 Å². The number of hydrogen-bond donors (Lipinski definition) is 1. The van der Waals surface area contributed by atoms with Crippen molar-refractivity contribution < 1.29 is 19.4 Å². The van der Waals surface area contributed by atoms with Crippen molar-refractivity contribution in [2.45, 2.75) is 31.9 Å². The topological polar surface area (TPSA) is 70.1 Å². The first kappa shape index (κ1) is 20.2. The molecule has 2 aromatic carbocycles. The molecule has 1 aliphatic carbocycles. The Hall–Kier alpha value is -2.70. The molecule has 1 unspecified atom stereocenters. The number of aliphatic hydroxyl groups is 1. The molecule has 6 heteroatoms. The lowest BCUT2D eigenvalue weighted by Gasteiger charge is -2.32. The van der Waals surface area contributed by atoms with Gasteiger partial charge in [-0.25, -0.2) is 0 Å². The van der Waals surface area contributed by atoms with Gasteiger partial charge < -0.3 is 14.7 Å². The van der Waals surface area contributed by atoms with E-state index in [0.717, 1.165) is 32.4 Å². The zero-order valence-electron chi connectivity index (χ0n) is 17.6. The molecule has 3 aliphatic rings. The molecule has 2 heterocycles. The van der Waals surface area contributed by atoms with Gasteiger partial charge in [-0.05, 0) is 42.5 Å². The molecule has 1 atom stereocenters. The first-order valence-electron chi connectivity index (χ1n) is 11.2. The smallest absolute Gasteiger partial charge is 0.257 e. The van der Waals surface area contributed by atoms with E-state index in [1.165, 1.54) is 11.1 Å². The van der Waals surface area contributed by atoms with Gasteiger partial charge in [-0.2, -0.15) is 0 Å². The third-order valence-electron chi connectivity index (χ3n) is 6.46. The number of β-amino-alcohol motifs (C(OH)–C–C–N with tert-alkyl or cyclic N) is 1. The van der Waals surface area contributed by atoms with Crippen LogP contribution in [0.25, 0.3) is 0 Å². The van der Waals surface area contributed by atoms with Crippen LogP contribution in [-0.2, 0) is 13.0 Å². The van der Waals surface area contributed by atoms with Gasteiger partial charge in [0.05, 0.1) is 18.2 Å². The molecule has 162 valence electrons. The van der Waals surface area contributed by atoms with Gasteiger partial charge in [-0.15, -0.1) is 0 Å². The molecule has 1 saturated carbocycles. The molecule has 31 heavy (non-hydrogen) atoms. The van der Waals surface area contributed by atoms with Gasteiger partial charge in [0.2, 0.25) is 0 Å². The lowest BCUT2D eigenvalue weighted by Crippen LogP contribution is -2.44. The first-order chi connectivity index (χ1) is 15.1. The predicted octanol–water partition coefficient (Wildman–Crippen LogP) is 2.53. The van der Waals surface area contributed by atoms with Crippen LogP contribution in [0.15, 0.2) is 42.5 Å². The minimum Gasteiger partial charge on any atom is -0.491 e. The van der Waals surface area contributed by atoms with E-state index in [4.69, 9.17) is 4.74 Å². The zero-order chi connectivity index (χ0) is 21.4. The van der Waals surface area contributed by atoms with Gasteiger partial charge in [0.15, 0.2) is 5.78 Å². The Kier molecular flexibility index (Phi) is 5.50. The quantitative estimate of drug-likeness (QED) is 0.728. The number of hydrogen-bond acceptors (Lipinski definition) is 5. The second-order valence-electron chi connectivity index (χ2n) is 8.86. The summed E-state index contributed by atoms with van der Waals surface area (Å²) in [6.07, 6.45) is 2.24. The summed E-state index contributed by atoms with van der Waals surface area (Å²) in [5.41, 5.74) is 3.77. The Bertz CT molecular complexity index is 1000. The third kappa shape index (κ3) is 4.36. The van der Waals surface area contributed by atoms with Crippen molar-refractivity contribution in [2.24, 2.45) is 5.92 Å². The maximum atomic E-state index is 13.1. The second kappa shape index (κ2) is 8.44. The van der Waals surface area contributed by atoms with E-state index in [-0.39, 0.29) is 24.2 Å². The van der Waals surface area contributed by atoms with Crippen LogP contribution >= 0.6 is 0 Å². The second-order valence-corrected chi connectivity index (χ2v) is 8.86. The minimum absolute atomic E-state index is 0.132. The highest BCUT2D eigenvalue weighted by molar-refractivity contribution is 6.02. The van der Waals surface area contributed by atoms with Crippen LogP contribution in [0.1, 0.15) is 44.7 Å². The first-order valence-corrected chi connectivity index (χ1v) is 11.2. The van der Waals surface area contributed by atoms with Crippen LogP contribution in [0.4, 0.5) is 0 Å². The van der Waals surface area contributed by atoms with E-state index in [0.29, 0.717) is 36.6 Å². The molecule has 0 aromatic heterocycles. The highest BCUT2D eigenvalue weighted by Crippen LogP contribution is 2.34. The van der Waals surface area contributed by atoms with E-state index >= 15 is 0 Å². The molecular formula is C25H28N2O4. The van der Waals surface area contributed by atoms with Crippen molar-refractivity contribution in [1.29, 1.82) is 0 Å².